The summed E-state index contributed by atoms with van der Waals surface area (Å²) in [6.07, 6.45) is 0.671. The summed E-state index contributed by atoms with van der Waals surface area (Å²) < 4.78 is 7.16. The number of aryl methyl sites for hydroxylation is 2. The van der Waals surface area contributed by atoms with Gasteiger partial charge >= 0.3 is 0 Å². The highest BCUT2D eigenvalue weighted by molar-refractivity contribution is 5.92. The summed E-state index contributed by atoms with van der Waals surface area (Å²) in [4.78, 5) is 14.2. The maximum Gasteiger partial charge on any atom is 0.274 e. The van der Waals surface area contributed by atoms with Crippen LogP contribution in [0.1, 0.15) is 29.5 Å². The van der Waals surface area contributed by atoms with Gasteiger partial charge in [-0.1, -0.05) is 0 Å². The Balaban J connectivity index is 2.10. The fourth-order valence-electron chi connectivity index (χ4n) is 2.47. The molecule has 1 fully saturated rings. The van der Waals surface area contributed by atoms with E-state index < -0.39 is 0 Å². The smallest absolute Gasteiger partial charge is 0.274 e. The highest BCUT2D eigenvalue weighted by atomic mass is 16.5. The van der Waals surface area contributed by atoms with Crippen LogP contribution in [-0.2, 0) is 11.3 Å². The van der Waals surface area contributed by atoms with Gasteiger partial charge in [-0.2, -0.15) is 5.10 Å². The maximum atomic E-state index is 12.4. The number of piperidine rings is 1. The van der Waals surface area contributed by atoms with E-state index in [9.17, 15) is 4.79 Å². The van der Waals surface area contributed by atoms with Crippen LogP contribution in [0, 0.1) is 6.92 Å². The Morgan fingerprint density at radius 1 is 1.63 bits per heavy atom. The van der Waals surface area contributed by atoms with E-state index in [1.165, 1.54) is 0 Å². The fraction of sp³-hybridized carbons (Fsp3) is 0.692. The van der Waals surface area contributed by atoms with Gasteiger partial charge < -0.3 is 15.4 Å². The van der Waals surface area contributed by atoms with Gasteiger partial charge in [0, 0.05) is 38.5 Å². The minimum Gasteiger partial charge on any atom is -0.378 e. The van der Waals surface area contributed by atoms with Crippen LogP contribution in [0.25, 0.3) is 0 Å². The van der Waals surface area contributed by atoms with Crippen molar-refractivity contribution in [3.05, 3.63) is 17.5 Å². The molecule has 1 aliphatic rings. The molecule has 0 saturated carbocycles. The zero-order chi connectivity index (χ0) is 14.0. The molecular weight excluding hydrogens is 244 g/mol. The molecule has 1 aliphatic heterocycles. The summed E-state index contributed by atoms with van der Waals surface area (Å²) in [6.45, 7) is 5.93. The summed E-state index contributed by atoms with van der Waals surface area (Å²) in [7, 11) is 1.63. The van der Waals surface area contributed by atoms with Crippen molar-refractivity contribution in [1.82, 2.24) is 14.7 Å². The monoisotopic (exact) mass is 266 g/mol. The minimum absolute atomic E-state index is 0.00369. The number of carbonyl (C=O) groups excluding carboxylic acids is 1. The average molecular weight is 266 g/mol. The lowest BCUT2D eigenvalue weighted by Crippen LogP contribution is -2.53. The lowest BCUT2D eigenvalue weighted by molar-refractivity contribution is 0.0159. The van der Waals surface area contributed by atoms with E-state index >= 15 is 0 Å². The normalized spacial score (nSPS) is 23.7. The van der Waals surface area contributed by atoms with Gasteiger partial charge in [-0.05, 0) is 26.3 Å². The van der Waals surface area contributed by atoms with Crippen molar-refractivity contribution < 1.29 is 9.53 Å². The molecule has 0 bridgehead atoms. The molecule has 2 N–H and O–H groups in total. The predicted octanol–water partition coefficient (Wildman–Crippen LogP) is 0.400. The zero-order valence-electron chi connectivity index (χ0n) is 11.8. The molecule has 1 aromatic heterocycles. The van der Waals surface area contributed by atoms with E-state index in [1.54, 1.807) is 12.0 Å². The fourth-order valence-corrected chi connectivity index (χ4v) is 2.47. The first-order valence-electron chi connectivity index (χ1n) is 6.69. The second-order valence-electron chi connectivity index (χ2n) is 4.96. The van der Waals surface area contributed by atoms with E-state index in [4.69, 9.17) is 10.5 Å². The molecule has 6 nitrogen and oxygen atoms in total. The lowest BCUT2D eigenvalue weighted by Gasteiger charge is -2.35. The van der Waals surface area contributed by atoms with Crippen LogP contribution in [-0.4, -0.2) is 52.9 Å². The third kappa shape index (κ3) is 2.79. The van der Waals surface area contributed by atoms with Crippen LogP contribution in [0.5, 0.6) is 0 Å². The van der Waals surface area contributed by atoms with Crippen molar-refractivity contribution in [2.24, 2.45) is 5.73 Å². The number of nitrogens with two attached hydrogens (primary N) is 1. The van der Waals surface area contributed by atoms with Crippen LogP contribution in [0.4, 0.5) is 0 Å². The average Bonchev–Trinajstić information content (AvgIpc) is 2.79. The molecule has 0 aliphatic carbocycles. The first-order valence-corrected chi connectivity index (χ1v) is 6.69. The predicted molar refractivity (Wildman–Crippen MR) is 71.9 cm³/mol. The second kappa shape index (κ2) is 5.71. The molecule has 0 spiro atoms. The van der Waals surface area contributed by atoms with Crippen LogP contribution >= 0.6 is 0 Å². The first-order chi connectivity index (χ1) is 9.06. The molecule has 1 aromatic rings. The number of carbonyl (C=O) groups is 1. The molecular formula is C13H22N4O2. The van der Waals surface area contributed by atoms with Gasteiger partial charge in [0.25, 0.3) is 5.91 Å². The number of likely N-dealkylation sites (tertiary alicyclic amines) is 1. The topological polar surface area (TPSA) is 73.4 Å². The number of hydrogen-bond donors (Lipinski definition) is 1. The Bertz CT molecular complexity index is 457. The van der Waals surface area contributed by atoms with Crippen molar-refractivity contribution in [2.45, 2.75) is 39.0 Å². The molecule has 0 aromatic carbocycles. The number of aromatic nitrogens is 2. The second-order valence-corrected chi connectivity index (χ2v) is 4.96. The van der Waals surface area contributed by atoms with E-state index in [0.717, 1.165) is 18.7 Å². The number of amides is 1. The van der Waals surface area contributed by atoms with Crippen LogP contribution in [0.2, 0.25) is 0 Å². The highest BCUT2D eigenvalue weighted by Gasteiger charge is 2.30. The molecule has 0 radical (unpaired) electrons. The molecule has 0 unspecified atom stereocenters. The van der Waals surface area contributed by atoms with Crippen LogP contribution < -0.4 is 5.73 Å². The van der Waals surface area contributed by atoms with Crippen LogP contribution in [0.15, 0.2) is 6.07 Å². The third-order valence-electron chi connectivity index (χ3n) is 3.70. The van der Waals surface area contributed by atoms with Gasteiger partial charge in [-0.15, -0.1) is 0 Å². The highest BCUT2D eigenvalue weighted by Crippen LogP contribution is 2.15. The molecule has 6 heteroatoms. The summed E-state index contributed by atoms with van der Waals surface area (Å²) in [6, 6.07) is 1.84. The Morgan fingerprint density at radius 3 is 2.95 bits per heavy atom. The standard InChI is InChI=1S/C13H22N4O2/c1-4-17-9(2)7-11(15-17)13(18)16-6-5-10(14)12(8-16)19-3/h7,10,12H,4-6,8,14H2,1-3H3/t10-,12+/m0/s1. The summed E-state index contributed by atoms with van der Waals surface area (Å²) in [5.74, 6) is -0.0377. The Kier molecular flexibility index (Phi) is 4.21. The summed E-state index contributed by atoms with van der Waals surface area (Å²) in [5.41, 5.74) is 7.46. The summed E-state index contributed by atoms with van der Waals surface area (Å²) >= 11 is 0. The molecule has 19 heavy (non-hydrogen) atoms. The summed E-state index contributed by atoms with van der Waals surface area (Å²) in [5, 5.41) is 4.33. The maximum absolute atomic E-state index is 12.4. The molecule has 106 valence electrons. The number of ether oxygens (including phenoxy) is 1. The Labute approximate surface area is 113 Å². The molecule has 2 rings (SSSR count). The van der Waals surface area contributed by atoms with Crippen molar-refractivity contribution in [3.8, 4) is 0 Å². The van der Waals surface area contributed by atoms with E-state index in [0.29, 0.717) is 18.8 Å². The molecule has 1 amide bonds. The number of methoxy groups -OCH3 is 1. The number of nitrogens with zero attached hydrogens (tertiary/aromatic N) is 3. The first kappa shape index (κ1) is 14.0. The van der Waals surface area contributed by atoms with Gasteiger partial charge in [0.2, 0.25) is 0 Å². The van der Waals surface area contributed by atoms with Gasteiger partial charge in [-0.25, -0.2) is 0 Å². The molecule has 1 saturated heterocycles. The van der Waals surface area contributed by atoms with Gasteiger partial charge in [0.05, 0.1) is 6.10 Å². The van der Waals surface area contributed by atoms with E-state index in [1.807, 2.05) is 24.6 Å². The molecule has 2 heterocycles. The van der Waals surface area contributed by atoms with Crippen molar-refractivity contribution in [1.29, 1.82) is 0 Å². The van der Waals surface area contributed by atoms with Gasteiger partial charge in [0.15, 0.2) is 5.69 Å². The third-order valence-corrected chi connectivity index (χ3v) is 3.70. The lowest BCUT2D eigenvalue weighted by atomic mass is 10.0. The van der Waals surface area contributed by atoms with E-state index in [-0.39, 0.29) is 18.1 Å². The van der Waals surface area contributed by atoms with Gasteiger partial charge in [0.1, 0.15) is 0 Å². The van der Waals surface area contributed by atoms with Crippen molar-refractivity contribution >= 4 is 5.91 Å². The Morgan fingerprint density at radius 2 is 2.37 bits per heavy atom. The van der Waals surface area contributed by atoms with Crippen molar-refractivity contribution in [3.63, 3.8) is 0 Å². The molecule has 2 atom stereocenters. The number of rotatable bonds is 3. The number of hydrogen-bond acceptors (Lipinski definition) is 4. The van der Waals surface area contributed by atoms with Crippen LogP contribution in [0.3, 0.4) is 0 Å². The zero-order valence-corrected chi connectivity index (χ0v) is 11.8. The largest absolute Gasteiger partial charge is 0.378 e. The van der Waals surface area contributed by atoms with Crippen molar-refractivity contribution in [2.75, 3.05) is 20.2 Å². The Hall–Kier alpha value is -1.40. The van der Waals surface area contributed by atoms with E-state index in [2.05, 4.69) is 5.10 Å². The van der Waals surface area contributed by atoms with Gasteiger partial charge in [-0.3, -0.25) is 9.48 Å². The minimum atomic E-state index is -0.0907. The quantitative estimate of drug-likeness (QED) is 0.859. The SMILES string of the molecule is CCn1nc(C(=O)N2CC[C@H](N)[C@H](OC)C2)cc1C.